The summed E-state index contributed by atoms with van der Waals surface area (Å²) in [5, 5.41) is 0. The van der Waals surface area contributed by atoms with Crippen LogP contribution in [0.5, 0.6) is 11.5 Å². The average molecular weight is 318 g/mol. The molecule has 0 amide bonds. The molecule has 2 aliphatic rings. The number of carbonyl (C=O) groups excluding carboxylic acids is 1. The number of hydrogen-bond donors (Lipinski definition) is 0. The van der Waals surface area contributed by atoms with Crippen LogP contribution >= 0.6 is 0 Å². The molecule has 23 heavy (non-hydrogen) atoms. The van der Waals surface area contributed by atoms with Crippen LogP contribution in [0.4, 0.5) is 0 Å². The van der Waals surface area contributed by atoms with Crippen LogP contribution in [0.15, 0.2) is 18.2 Å². The number of rotatable bonds is 5. The van der Waals surface area contributed by atoms with Gasteiger partial charge in [0.1, 0.15) is 0 Å². The smallest absolute Gasteiger partial charge is 0.308 e. The second-order valence-electron chi connectivity index (χ2n) is 6.66. The van der Waals surface area contributed by atoms with Crippen molar-refractivity contribution in [1.29, 1.82) is 0 Å². The van der Waals surface area contributed by atoms with Crippen molar-refractivity contribution >= 4 is 5.97 Å². The van der Waals surface area contributed by atoms with Crippen LogP contribution in [0.25, 0.3) is 0 Å². The zero-order valence-corrected chi connectivity index (χ0v) is 14.0. The lowest BCUT2D eigenvalue weighted by atomic mass is 9.96. The van der Waals surface area contributed by atoms with Crippen LogP contribution in [0.1, 0.15) is 56.4 Å². The fourth-order valence-corrected chi connectivity index (χ4v) is 3.89. The van der Waals surface area contributed by atoms with Gasteiger partial charge in [-0.05, 0) is 68.6 Å². The van der Waals surface area contributed by atoms with Gasteiger partial charge < -0.3 is 14.2 Å². The molecule has 1 aromatic rings. The molecule has 2 aliphatic carbocycles. The zero-order chi connectivity index (χ0) is 16.2. The Labute approximate surface area is 138 Å². The first-order chi connectivity index (χ1) is 11.2. The van der Waals surface area contributed by atoms with Gasteiger partial charge in [0.25, 0.3) is 0 Å². The van der Waals surface area contributed by atoms with Crippen molar-refractivity contribution in [2.24, 2.45) is 5.92 Å². The summed E-state index contributed by atoms with van der Waals surface area (Å²) < 4.78 is 16.5. The molecule has 4 heteroatoms. The van der Waals surface area contributed by atoms with E-state index in [1.54, 1.807) is 7.11 Å². The highest BCUT2D eigenvalue weighted by Gasteiger charge is 2.32. The number of benzene rings is 1. The lowest BCUT2D eigenvalue weighted by Gasteiger charge is -2.18. The van der Waals surface area contributed by atoms with Crippen LogP contribution in [-0.4, -0.2) is 26.3 Å². The Kier molecular flexibility index (Phi) is 5.09. The minimum Gasteiger partial charge on any atom is -0.493 e. The predicted molar refractivity (Wildman–Crippen MR) is 88.0 cm³/mol. The van der Waals surface area contributed by atoms with Crippen molar-refractivity contribution in [2.75, 3.05) is 14.2 Å². The van der Waals surface area contributed by atoms with Gasteiger partial charge in [0.2, 0.25) is 0 Å². The fourth-order valence-electron chi connectivity index (χ4n) is 3.89. The molecule has 2 unspecified atom stereocenters. The Morgan fingerprint density at radius 1 is 1.04 bits per heavy atom. The van der Waals surface area contributed by atoms with Crippen LogP contribution in [-0.2, 0) is 9.53 Å². The van der Waals surface area contributed by atoms with E-state index in [1.807, 2.05) is 6.07 Å². The summed E-state index contributed by atoms with van der Waals surface area (Å²) in [5.41, 5.74) is 1.24. The third-order valence-corrected chi connectivity index (χ3v) is 5.22. The molecule has 0 saturated heterocycles. The Morgan fingerprint density at radius 2 is 1.83 bits per heavy atom. The van der Waals surface area contributed by atoms with E-state index < -0.39 is 0 Å². The summed E-state index contributed by atoms with van der Waals surface area (Å²) in [4.78, 5) is 11.7. The lowest BCUT2D eigenvalue weighted by Crippen LogP contribution is -2.13. The molecule has 0 heterocycles. The molecule has 0 radical (unpaired) electrons. The van der Waals surface area contributed by atoms with Crippen LogP contribution in [0.2, 0.25) is 0 Å². The van der Waals surface area contributed by atoms with Gasteiger partial charge in [0.15, 0.2) is 11.5 Å². The monoisotopic (exact) mass is 318 g/mol. The molecule has 126 valence electrons. The van der Waals surface area contributed by atoms with Gasteiger partial charge in [-0.3, -0.25) is 4.79 Å². The molecule has 0 aliphatic heterocycles. The molecule has 0 bridgehead atoms. The maximum absolute atomic E-state index is 11.7. The third-order valence-electron chi connectivity index (χ3n) is 5.22. The first kappa shape index (κ1) is 16.2. The Bertz CT molecular complexity index is 548. The van der Waals surface area contributed by atoms with Gasteiger partial charge in [0, 0.05) is 0 Å². The molecule has 3 rings (SSSR count). The Hall–Kier alpha value is -1.71. The minimum atomic E-state index is -0.0801. The molecule has 4 nitrogen and oxygen atoms in total. The summed E-state index contributed by atoms with van der Waals surface area (Å²) >= 11 is 0. The Morgan fingerprint density at radius 3 is 2.52 bits per heavy atom. The van der Waals surface area contributed by atoms with E-state index in [2.05, 4.69) is 12.1 Å². The number of esters is 1. The molecular weight excluding hydrogens is 292 g/mol. The predicted octanol–water partition coefficient (Wildman–Crippen LogP) is 4.07. The van der Waals surface area contributed by atoms with Gasteiger partial charge in [-0.2, -0.15) is 0 Å². The quantitative estimate of drug-likeness (QED) is 0.768. The van der Waals surface area contributed by atoms with Crippen LogP contribution in [0.3, 0.4) is 0 Å². The maximum atomic E-state index is 11.7. The van der Waals surface area contributed by atoms with Crippen LogP contribution in [0, 0.1) is 5.92 Å². The molecule has 0 aromatic heterocycles. The summed E-state index contributed by atoms with van der Waals surface area (Å²) in [5.74, 6) is 1.99. The first-order valence-corrected chi connectivity index (χ1v) is 8.63. The second kappa shape index (κ2) is 7.24. The van der Waals surface area contributed by atoms with E-state index in [0.717, 1.165) is 43.6 Å². The highest BCUT2D eigenvalue weighted by atomic mass is 16.5. The fraction of sp³-hybridized carbons (Fsp3) is 0.632. The SMILES string of the molecule is COC(=O)C1CCC(c2ccc(OC)c(OC3CCCC3)c2)C1. The number of hydrogen-bond acceptors (Lipinski definition) is 4. The largest absolute Gasteiger partial charge is 0.493 e. The normalized spacial score (nSPS) is 24.6. The molecule has 2 atom stereocenters. The second-order valence-corrected chi connectivity index (χ2v) is 6.66. The van der Waals surface area contributed by atoms with Gasteiger partial charge in [0.05, 0.1) is 26.2 Å². The van der Waals surface area contributed by atoms with Gasteiger partial charge in [-0.1, -0.05) is 6.07 Å². The van der Waals surface area contributed by atoms with Crippen molar-refractivity contribution in [1.82, 2.24) is 0 Å². The molecule has 0 spiro atoms. The molecule has 1 aromatic carbocycles. The highest BCUT2D eigenvalue weighted by molar-refractivity contribution is 5.72. The van der Waals surface area contributed by atoms with E-state index in [-0.39, 0.29) is 11.9 Å². The summed E-state index contributed by atoms with van der Waals surface area (Å²) in [6.07, 6.45) is 7.85. The van der Waals surface area contributed by atoms with E-state index in [4.69, 9.17) is 14.2 Å². The Balaban J connectivity index is 1.74. The summed E-state index contributed by atoms with van der Waals surface area (Å²) in [6, 6.07) is 6.21. The standard InChI is InChI=1S/C19H26O4/c1-21-17-10-9-14(12-18(17)23-16-5-3-4-6-16)13-7-8-15(11-13)19(20)22-2/h9-10,12-13,15-16H,3-8,11H2,1-2H3. The maximum Gasteiger partial charge on any atom is 0.308 e. The van der Waals surface area contributed by atoms with E-state index in [1.165, 1.54) is 25.5 Å². The van der Waals surface area contributed by atoms with E-state index in [9.17, 15) is 4.79 Å². The van der Waals surface area contributed by atoms with Crippen LogP contribution < -0.4 is 9.47 Å². The topological polar surface area (TPSA) is 44.8 Å². The van der Waals surface area contributed by atoms with Crippen molar-refractivity contribution in [3.05, 3.63) is 23.8 Å². The summed E-state index contributed by atoms with van der Waals surface area (Å²) in [6.45, 7) is 0. The molecule has 0 N–H and O–H groups in total. The number of carbonyl (C=O) groups is 1. The highest BCUT2D eigenvalue weighted by Crippen LogP contribution is 2.42. The van der Waals surface area contributed by atoms with Gasteiger partial charge >= 0.3 is 5.97 Å². The van der Waals surface area contributed by atoms with Gasteiger partial charge in [-0.15, -0.1) is 0 Å². The molecule has 2 fully saturated rings. The van der Waals surface area contributed by atoms with Crippen molar-refractivity contribution in [3.8, 4) is 11.5 Å². The van der Waals surface area contributed by atoms with E-state index >= 15 is 0 Å². The molecular formula is C19H26O4. The average Bonchev–Trinajstić information content (AvgIpc) is 3.25. The van der Waals surface area contributed by atoms with Crippen molar-refractivity contribution in [3.63, 3.8) is 0 Å². The zero-order valence-electron chi connectivity index (χ0n) is 14.0. The third kappa shape index (κ3) is 3.62. The number of methoxy groups -OCH3 is 2. The minimum absolute atomic E-state index is 0.0336. The van der Waals surface area contributed by atoms with Gasteiger partial charge in [-0.25, -0.2) is 0 Å². The van der Waals surface area contributed by atoms with Crippen molar-refractivity contribution < 1.29 is 19.0 Å². The lowest BCUT2D eigenvalue weighted by molar-refractivity contribution is -0.145. The molecule has 2 saturated carbocycles. The van der Waals surface area contributed by atoms with Crippen molar-refractivity contribution in [2.45, 2.75) is 57.0 Å². The summed E-state index contributed by atoms with van der Waals surface area (Å²) in [7, 11) is 3.15. The first-order valence-electron chi connectivity index (χ1n) is 8.63. The number of ether oxygens (including phenoxy) is 3. The van der Waals surface area contributed by atoms with E-state index in [0.29, 0.717) is 12.0 Å².